The Morgan fingerprint density at radius 3 is 2.65 bits per heavy atom. The van der Waals surface area contributed by atoms with Gasteiger partial charge in [-0.3, -0.25) is 14.7 Å². The highest BCUT2D eigenvalue weighted by atomic mass is 35.5. The van der Waals surface area contributed by atoms with Crippen LogP contribution in [-0.2, 0) is 11.3 Å². The van der Waals surface area contributed by atoms with Crippen LogP contribution in [0, 0.1) is 5.82 Å². The Labute approximate surface area is 156 Å². The molecule has 2 aromatic rings. The van der Waals surface area contributed by atoms with Crippen LogP contribution in [0.1, 0.15) is 24.0 Å². The van der Waals surface area contributed by atoms with E-state index in [1.54, 1.807) is 24.3 Å². The zero-order chi connectivity index (χ0) is 18.1. The second-order valence-electron chi connectivity index (χ2n) is 6.86. The van der Waals surface area contributed by atoms with Crippen LogP contribution in [0.5, 0.6) is 0 Å². The van der Waals surface area contributed by atoms with Crippen LogP contribution in [-0.4, -0.2) is 35.3 Å². The SMILES string of the molecule is O=C1NC2(CCN(Cc3cccc(F)c3)CC2)N=C1c1cccc(Cl)c1. The summed E-state index contributed by atoms with van der Waals surface area (Å²) < 4.78 is 13.3. The molecule has 0 saturated carbocycles. The third-order valence-corrected chi connectivity index (χ3v) is 5.20. The molecule has 1 fully saturated rings. The molecule has 0 unspecified atom stereocenters. The number of hydrogen-bond acceptors (Lipinski definition) is 3. The minimum absolute atomic E-state index is 0.147. The van der Waals surface area contributed by atoms with E-state index in [1.165, 1.54) is 6.07 Å². The maximum atomic E-state index is 13.3. The van der Waals surface area contributed by atoms with E-state index in [4.69, 9.17) is 16.6 Å². The summed E-state index contributed by atoms with van der Waals surface area (Å²) in [7, 11) is 0. The standard InChI is InChI=1S/C20H19ClFN3O/c21-16-5-2-4-15(12-16)18-19(26)24-20(23-18)7-9-25(10-8-20)13-14-3-1-6-17(22)11-14/h1-6,11-12H,7-10,13H2,(H,24,26). The summed E-state index contributed by atoms with van der Waals surface area (Å²) in [6.45, 7) is 2.29. The van der Waals surface area contributed by atoms with Crippen LogP contribution in [0.3, 0.4) is 0 Å². The lowest BCUT2D eigenvalue weighted by atomic mass is 9.97. The zero-order valence-corrected chi connectivity index (χ0v) is 15.0. The largest absolute Gasteiger partial charge is 0.326 e. The Morgan fingerprint density at radius 2 is 1.92 bits per heavy atom. The van der Waals surface area contributed by atoms with Crippen molar-refractivity contribution in [2.45, 2.75) is 25.0 Å². The molecule has 0 bridgehead atoms. The lowest BCUT2D eigenvalue weighted by Gasteiger charge is -2.37. The third kappa shape index (κ3) is 3.50. The first kappa shape index (κ1) is 17.2. The molecule has 134 valence electrons. The lowest BCUT2D eigenvalue weighted by molar-refractivity contribution is -0.115. The first-order chi connectivity index (χ1) is 12.5. The number of carbonyl (C=O) groups excluding carboxylic acids is 1. The molecule has 1 amide bonds. The highest BCUT2D eigenvalue weighted by Gasteiger charge is 2.42. The number of benzene rings is 2. The molecule has 0 radical (unpaired) electrons. The van der Waals surface area contributed by atoms with Crippen LogP contribution in [0.15, 0.2) is 53.5 Å². The normalized spacial score (nSPS) is 19.5. The molecule has 26 heavy (non-hydrogen) atoms. The van der Waals surface area contributed by atoms with Gasteiger partial charge in [0.2, 0.25) is 0 Å². The first-order valence-corrected chi connectivity index (χ1v) is 9.06. The van der Waals surface area contributed by atoms with E-state index in [0.29, 0.717) is 17.3 Å². The topological polar surface area (TPSA) is 44.7 Å². The quantitative estimate of drug-likeness (QED) is 0.898. The van der Waals surface area contributed by atoms with E-state index < -0.39 is 5.66 Å². The summed E-state index contributed by atoms with van der Waals surface area (Å²) >= 11 is 6.04. The smallest absolute Gasteiger partial charge is 0.272 e. The summed E-state index contributed by atoms with van der Waals surface area (Å²) in [6.07, 6.45) is 1.47. The van der Waals surface area contributed by atoms with Gasteiger partial charge in [0.15, 0.2) is 0 Å². The fourth-order valence-corrected chi connectivity index (χ4v) is 3.80. The summed E-state index contributed by atoms with van der Waals surface area (Å²) in [4.78, 5) is 19.4. The molecule has 4 nitrogen and oxygen atoms in total. The third-order valence-electron chi connectivity index (χ3n) is 4.96. The summed E-state index contributed by atoms with van der Waals surface area (Å²) in [5, 5.41) is 3.65. The number of amides is 1. The molecule has 0 aliphatic carbocycles. The van der Waals surface area contributed by atoms with E-state index in [2.05, 4.69) is 10.2 Å². The molecule has 1 spiro atoms. The highest BCUT2D eigenvalue weighted by Crippen LogP contribution is 2.30. The van der Waals surface area contributed by atoms with Crippen molar-refractivity contribution in [3.8, 4) is 0 Å². The number of carbonyl (C=O) groups is 1. The molecule has 4 rings (SSSR count). The molecule has 2 aliphatic rings. The highest BCUT2D eigenvalue weighted by molar-refractivity contribution is 6.47. The van der Waals surface area contributed by atoms with Crippen LogP contribution in [0.25, 0.3) is 0 Å². The monoisotopic (exact) mass is 371 g/mol. The molecule has 0 aromatic heterocycles. The second kappa shape index (κ2) is 6.82. The van der Waals surface area contributed by atoms with E-state index >= 15 is 0 Å². The van der Waals surface area contributed by atoms with Gasteiger partial charge >= 0.3 is 0 Å². The van der Waals surface area contributed by atoms with Crippen molar-refractivity contribution in [1.29, 1.82) is 0 Å². The van der Waals surface area contributed by atoms with Gasteiger partial charge in [0.1, 0.15) is 17.2 Å². The Morgan fingerprint density at radius 1 is 1.15 bits per heavy atom. The van der Waals surface area contributed by atoms with Crippen molar-refractivity contribution < 1.29 is 9.18 Å². The molecule has 2 heterocycles. The predicted octanol–water partition coefficient (Wildman–Crippen LogP) is 3.39. The molecule has 1 N–H and O–H groups in total. The van der Waals surface area contributed by atoms with Crippen LogP contribution in [0.2, 0.25) is 5.02 Å². The van der Waals surface area contributed by atoms with E-state index in [9.17, 15) is 9.18 Å². The maximum absolute atomic E-state index is 13.3. The molecule has 2 aliphatic heterocycles. The van der Waals surface area contributed by atoms with E-state index in [-0.39, 0.29) is 11.7 Å². The Hall–Kier alpha value is -2.24. The maximum Gasteiger partial charge on any atom is 0.272 e. The number of halogens is 2. The number of rotatable bonds is 3. The minimum atomic E-state index is -0.535. The van der Waals surface area contributed by atoms with Crippen molar-refractivity contribution in [3.63, 3.8) is 0 Å². The van der Waals surface area contributed by atoms with Gasteiger partial charge in [0.25, 0.3) is 5.91 Å². The van der Waals surface area contributed by atoms with Gasteiger partial charge < -0.3 is 5.32 Å². The van der Waals surface area contributed by atoms with Gasteiger partial charge in [-0.2, -0.15) is 0 Å². The zero-order valence-electron chi connectivity index (χ0n) is 14.2. The van der Waals surface area contributed by atoms with Crippen LogP contribution >= 0.6 is 11.6 Å². The fourth-order valence-electron chi connectivity index (χ4n) is 3.61. The Balaban J connectivity index is 1.46. The van der Waals surface area contributed by atoms with Gasteiger partial charge in [-0.1, -0.05) is 35.9 Å². The molecule has 0 atom stereocenters. The average molecular weight is 372 g/mol. The number of hydrogen-bond donors (Lipinski definition) is 1. The minimum Gasteiger partial charge on any atom is -0.326 e. The first-order valence-electron chi connectivity index (χ1n) is 8.68. The number of likely N-dealkylation sites (tertiary alicyclic amines) is 1. The predicted molar refractivity (Wildman–Crippen MR) is 99.8 cm³/mol. The molecule has 6 heteroatoms. The molecule has 1 saturated heterocycles. The number of nitrogens with zero attached hydrogens (tertiary/aromatic N) is 2. The van der Waals surface area contributed by atoms with Gasteiger partial charge in [0.05, 0.1) is 0 Å². The van der Waals surface area contributed by atoms with Gasteiger partial charge in [-0.15, -0.1) is 0 Å². The number of nitrogens with one attached hydrogen (secondary N) is 1. The summed E-state index contributed by atoms with van der Waals surface area (Å²) in [5.74, 6) is -0.361. The number of aliphatic imine (C=N–C) groups is 1. The molecule has 2 aromatic carbocycles. The molecular weight excluding hydrogens is 353 g/mol. The van der Waals surface area contributed by atoms with E-state index in [1.807, 2.05) is 18.2 Å². The Kier molecular flexibility index (Phi) is 4.51. The second-order valence-corrected chi connectivity index (χ2v) is 7.30. The van der Waals surface area contributed by atoms with Crippen molar-refractivity contribution in [2.75, 3.05) is 13.1 Å². The summed E-state index contributed by atoms with van der Waals surface area (Å²) in [5.41, 5.74) is 1.62. The summed E-state index contributed by atoms with van der Waals surface area (Å²) in [6, 6.07) is 13.9. The van der Waals surface area contributed by atoms with Gasteiger partial charge in [-0.25, -0.2) is 4.39 Å². The molecular formula is C20H19ClFN3O. The van der Waals surface area contributed by atoms with Gasteiger partial charge in [0, 0.05) is 43.1 Å². The average Bonchev–Trinajstić information content (AvgIpc) is 2.94. The van der Waals surface area contributed by atoms with Crippen molar-refractivity contribution in [3.05, 3.63) is 70.5 Å². The Bertz CT molecular complexity index is 875. The fraction of sp³-hybridized carbons (Fsp3) is 0.300. The van der Waals surface area contributed by atoms with Gasteiger partial charge in [-0.05, 0) is 29.8 Å². The van der Waals surface area contributed by atoms with E-state index in [0.717, 1.165) is 37.1 Å². The van der Waals surface area contributed by atoms with Crippen LogP contribution < -0.4 is 5.32 Å². The van der Waals surface area contributed by atoms with Crippen molar-refractivity contribution in [1.82, 2.24) is 10.2 Å². The van der Waals surface area contributed by atoms with Crippen molar-refractivity contribution in [2.24, 2.45) is 4.99 Å². The number of piperidine rings is 1. The van der Waals surface area contributed by atoms with Crippen molar-refractivity contribution >= 4 is 23.2 Å². The van der Waals surface area contributed by atoms with Crippen LogP contribution in [0.4, 0.5) is 4.39 Å². The lowest BCUT2D eigenvalue weighted by Crippen LogP contribution is -2.50.